The molecule has 3 rings (SSSR count). The lowest BCUT2D eigenvalue weighted by molar-refractivity contribution is -0.128. The zero-order chi connectivity index (χ0) is 26.1. The van der Waals surface area contributed by atoms with Gasteiger partial charge in [0.25, 0.3) is 5.91 Å². The molecule has 0 heterocycles. The molecule has 0 aromatic heterocycles. The van der Waals surface area contributed by atoms with Gasteiger partial charge in [-0.25, -0.2) is 0 Å². The van der Waals surface area contributed by atoms with Gasteiger partial charge in [-0.2, -0.15) is 0 Å². The quantitative estimate of drug-likeness (QED) is 0.283. The zero-order valence-electron chi connectivity index (χ0n) is 21.9. The van der Waals surface area contributed by atoms with Crippen molar-refractivity contribution in [3.8, 4) is 5.75 Å². The number of amides is 2. The summed E-state index contributed by atoms with van der Waals surface area (Å²) in [7, 11) is 0. The number of hydrogen-bond donors (Lipinski definition) is 3. The van der Waals surface area contributed by atoms with Crippen LogP contribution in [0, 0.1) is 19.3 Å². The maximum atomic E-state index is 13.0. The Labute approximate surface area is 220 Å². The summed E-state index contributed by atoms with van der Waals surface area (Å²) in [4.78, 5) is 25.8. The molecule has 3 N–H and O–H groups in total. The first-order valence-corrected chi connectivity index (χ1v) is 13.3. The van der Waals surface area contributed by atoms with Gasteiger partial charge in [0, 0.05) is 11.5 Å². The number of benzene rings is 2. The molecule has 6 nitrogen and oxygen atoms in total. The minimum Gasteiger partial charge on any atom is -0.493 e. The van der Waals surface area contributed by atoms with Gasteiger partial charge >= 0.3 is 0 Å². The maximum Gasteiger partial charge on any atom is 0.253 e. The molecule has 0 aliphatic heterocycles. The number of ether oxygens (including phenoxy) is 1. The molecule has 2 aromatic carbocycles. The van der Waals surface area contributed by atoms with E-state index in [1.807, 2.05) is 52.0 Å². The largest absolute Gasteiger partial charge is 0.493 e. The van der Waals surface area contributed by atoms with E-state index in [-0.39, 0.29) is 23.0 Å². The fourth-order valence-corrected chi connectivity index (χ4v) is 4.60. The van der Waals surface area contributed by atoms with Gasteiger partial charge in [-0.15, -0.1) is 0 Å². The fourth-order valence-electron chi connectivity index (χ4n) is 4.40. The standard InChI is InChI=1S/C29H39N3O3S/c1-20-15-16-21(2)25(19-20)35-18-10-17-29(3,4)27(34)32-28(36)31-24-14-9-8-13-23(24)26(33)30-22-11-6-5-7-12-22/h8-9,13-16,19,22H,5-7,10-12,17-18H2,1-4H3,(H,30,33)(H2,31,32,34,36). The molecule has 0 radical (unpaired) electrons. The Morgan fingerprint density at radius 3 is 2.53 bits per heavy atom. The van der Waals surface area contributed by atoms with Crippen LogP contribution in [0.3, 0.4) is 0 Å². The average Bonchev–Trinajstić information content (AvgIpc) is 2.84. The molecule has 2 amide bonds. The van der Waals surface area contributed by atoms with E-state index in [1.165, 1.54) is 6.42 Å². The van der Waals surface area contributed by atoms with Gasteiger partial charge in [0.2, 0.25) is 5.91 Å². The van der Waals surface area contributed by atoms with Crippen molar-refractivity contribution < 1.29 is 14.3 Å². The van der Waals surface area contributed by atoms with E-state index in [2.05, 4.69) is 22.0 Å². The molecular formula is C29H39N3O3S. The molecule has 7 heteroatoms. The fraction of sp³-hybridized carbons (Fsp3) is 0.483. The summed E-state index contributed by atoms with van der Waals surface area (Å²) in [6.45, 7) is 8.40. The van der Waals surface area contributed by atoms with Crippen molar-refractivity contribution >= 4 is 34.8 Å². The lowest BCUT2D eigenvalue weighted by atomic mass is 9.87. The highest BCUT2D eigenvalue weighted by Gasteiger charge is 2.28. The van der Waals surface area contributed by atoms with Crippen LogP contribution in [0.5, 0.6) is 5.75 Å². The van der Waals surface area contributed by atoms with Crippen molar-refractivity contribution in [1.29, 1.82) is 0 Å². The molecule has 2 aromatic rings. The minimum absolute atomic E-state index is 0.122. The van der Waals surface area contributed by atoms with E-state index in [0.29, 0.717) is 24.3 Å². The van der Waals surface area contributed by atoms with Crippen LogP contribution in [-0.4, -0.2) is 29.6 Å². The van der Waals surface area contributed by atoms with Crippen LogP contribution < -0.4 is 20.7 Å². The van der Waals surface area contributed by atoms with Gasteiger partial charge in [-0.05, 0) is 81.1 Å². The molecule has 0 spiro atoms. The number of thiocarbonyl (C=S) groups is 1. The van der Waals surface area contributed by atoms with Crippen molar-refractivity contribution in [3.05, 3.63) is 59.2 Å². The van der Waals surface area contributed by atoms with Gasteiger partial charge in [0.15, 0.2) is 5.11 Å². The molecule has 1 fully saturated rings. The molecule has 0 saturated heterocycles. The van der Waals surface area contributed by atoms with Gasteiger partial charge in [0.1, 0.15) is 5.75 Å². The average molecular weight is 510 g/mol. The molecule has 194 valence electrons. The summed E-state index contributed by atoms with van der Waals surface area (Å²) in [5, 5.41) is 9.16. The first-order valence-electron chi connectivity index (χ1n) is 12.9. The third-order valence-electron chi connectivity index (χ3n) is 6.75. The summed E-state index contributed by atoms with van der Waals surface area (Å²) < 4.78 is 5.94. The summed E-state index contributed by atoms with van der Waals surface area (Å²) >= 11 is 5.42. The first-order chi connectivity index (χ1) is 17.2. The van der Waals surface area contributed by atoms with Crippen LogP contribution in [0.4, 0.5) is 5.69 Å². The van der Waals surface area contributed by atoms with Crippen molar-refractivity contribution in [2.75, 3.05) is 11.9 Å². The zero-order valence-corrected chi connectivity index (χ0v) is 22.7. The Morgan fingerprint density at radius 1 is 1.06 bits per heavy atom. The highest BCUT2D eigenvalue weighted by molar-refractivity contribution is 7.80. The number of aryl methyl sites for hydroxylation is 2. The molecule has 0 unspecified atom stereocenters. The number of anilines is 1. The molecule has 1 aliphatic rings. The van der Waals surface area contributed by atoms with Gasteiger partial charge < -0.3 is 20.7 Å². The Balaban J connectivity index is 1.49. The van der Waals surface area contributed by atoms with E-state index in [1.54, 1.807) is 12.1 Å². The lowest BCUT2D eigenvalue weighted by Crippen LogP contribution is -2.43. The molecule has 1 aliphatic carbocycles. The smallest absolute Gasteiger partial charge is 0.253 e. The van der Waals surface area contributed by atoms with E-state index >= 15 is 0 Å². The summed E-state index contributed by atoms with van der Waals surface area (Å²) in [6, 6.07) is 13.6. The van der Waals surface area contributed by atoms with Crippen molar-refractivity contribution in [1.82, 2.24) is 10.6 Å². The summed E-state index contributed by atoms with van der Waals surface area (Å²) in [6.07, 6.45) is 6.93. The third-order valence-corrected chi connectivity index (χ3v) is 6.95. The van der Waals surface area contributed by atoms with Crippen molar-refractivity contribution in [2.24, 2.45) is 5.41 Å². The highest BCUT2D eigenvalue weighted by Crippen LogP contribution is 2.25. The molecule has 36 heavy (non-hydrogen) atoms. The Kier molecular flexibility index (Phi) is 9.88. The van der Waals surface area contributed by atoms with Gasteiger partial charge in [-0.3, -0.25) is 9.59 Å². The van der Waals surface area contributed by atoms with E-state index < -0.39 is 5.41 Å². The van der Waals surface area contributed by atoms with E-state index in [9.17, 15) is 9.59 Å². The number of nitrogens with one attached hydrogen (secondary N) is 3. The second-order valence-corrected chi connectivity index (χ2v) is 10.8. The van der Waals surface area contributed by atoms with Crippen molar-refractivity contribution in [2.45, 2.75) is 78.7 Å². The second-order valence-electron chi connectivity index (χ2n) is 10.4. The van der Waals surface area contributed by atoms with Crippen LogP contribution in [-0.2, 0) is 4.79 Å². The Bertz CT molecular complexity index is 1080. The lowest BCUT2D eigenvalue weighted by Gasteiger charge is -2.25. The third kappa shape index (κ3) is 8.05. The monoisotopic (exact) mass is 509 g/mol. The number of carbonyl (C=O) groups excluding carboxylic acids is 2. The Hall–Kier alpha value is -2.93. The van der Waals surface area contributed by atoms with Crippen LogP contribution in [0.2, 0.25) is 0 Å². The second kappa shape index (κ2) is 12.9. The first kappa shape index (κ1) is 27.7. The predicted octanol–water partition coefficient (Wildman–Crippen LogP) is 6.06. The predicted molar refractivity (Wildman–Crippen MR) is 150 cm³/mol. The van der Waals surface area contributed by atoms with Gasteiger partial charge in [0.05, 0.1) is 17.9 Å². The number of para-hydroxylation sites is 1. The summed E-state index contributed by atoms with van der Waals surface area (Å²) in [5.74, 6) is 0.591. The highest BCUT2D eigenvalue weighted by atomic mass is 32.1. The molecule has 0 atom stereocenters. The van der Waals surface area contributed by atoms with Gasteiger partial charge in [-0.1, -0.05) is 57.4 Å². The van der Waals surface area contributed by atoms with Crippen LogP contribution >= 0.6 is 12.2 Å². The number of hydrogen-bond acceptors (Lipinski definition) is 4. The number of carbonyl (C=O) groups is 2. The molecular weight excluding hydrogens is 470 g/mol. The van der Waals surface area contributed by atoms with Crippen LogP contribution in [0.15, 0.2) is 42.5 Å². The van der Waals surface area contributed by atoms with Crippen LogP contribution in [0.1, 0.15) is 80.3 Å². The van der Waals surface area contributed by atoms with Crippen molar-refractivity contribution in [3.63, 3.8) is 0 Å². The van der Waals surface area contributed by atoms with E-state index in [0.717, 1.165) is 49.0 Å². The minimum atomic E-state index is -0.630. The Morgan fingerprint density at radius 2 is 1.78 bits per heavy atom. The molecule has 1 saturated carbocycles. The topological polar surface area (TPSA) is 79.5 Å². The maximum absolute atomic E-state index is 13.0. The van der Waals surface area contributed by atoms with E-state index in [4.69, 9.17) is 17.0 Å². The molecule has 0 bridgehead atoms. The normalized spacial score (nSPS) is 14.1. The number of rotatable bonds is 9. The SMILES string of the molecule is Cc1ccc(C)c(OCCCC(C)(C)C(=O)NC(=S)Nc2ccccc2C(=O)NC2CCCCC2)c1. The van der Waals surface area contributed by atoms with Crippen LogP contribution in [0.25, 0.3) is 0 Å². The summed E-state index contributed by atoms with van der Waals surface area (Å²) in [5.41, 5.74) is 2.72.